The molecule has 0 unspecified atom stereocenters. The molecule has 0 atom stereocenters. The van der Waals surface area contributed by atoms with Gasteiger partial charge in [-0.05, 0) is 18.2 Å². The first kappa shape index (κ1) is 14.0. The van der Waals surface area contributed by atoms with Crippen LogP contribution >= 0.6 is 0 Å². The van der Waals surface area contributed by atoms with Gasteiger partial charge in [-0.1, -0.05) is 0 Å². The van der Waals surface area contributed by atoms with Gasteiger partial charge in [0.1, 0.15) is 5.82 Å². The van der Waals surface area contributed by atoms with E-state index < -0.39 is 0 Å². The molecular formula is C15H20N4O2. The van der Waals surface area contributed by atoms with Crippen LogP contribution < -0.4 is 5.32 Å². The van der Waals surface area contributed by atoms with Gasteiger partial charge in [0.2, 0.25) is 5.91 Å². The smallest absolute Gasteiger partial charge is 0.221 e. The molecule has 0 saturated heterocycles. The number of anilines is 1. The SMILES string of the molecule is COCCN1CCn2c(nc3cc(NC(C)=O)ccc32)C1. The average molecular weight is 288 g/mol. The fourth-order valence-corrected chi connectivity index (χ4v) is 2.76. The van der Waals surface area contributed by atoms with E-state index in [2.05, 4.69) is 14.8 Å². The summed E-state index contributed by atoms with van der Waals surface area (Å²) in [7, 11) is 1.72. The third kappa shape index (κ3) is 2.91. The van der Waals surface area contributed by atoms with Gasteiger partial charge in [0, 0.05) is 39.4 Å². The summed E-state index contributed by atoms with van der Waals surface area (Å²) in [6.45, 7) is 5.97. The number of nitrogens with zero attached hydrogens (tertiary/aromatic N) is 3. The summed E-state index contributed by atoms with van der Waals surface area (Å²) in [6.07, 6.45) is 0. The van der Waals surface area contributed by atoms with Gasteiger partial charge in [-0.15, -0.1) is 0 Å². The number of hydrogen-bond donors (Lipinski definition) is 1. The van der Waals surface area contributed by atoms with E-state index in [-0.39, 0.29) is 5.91 Å². The van der Waals surface area contributed by atoms with Gasteiger partial charge in [0.05, 0.1) is 24.2 Å². The van der Waals surface area contributed by atoms with Crippen LogP contribution in [0, 0.1) is 0 Å². The molecule has 21 heavy (non-hydrogen) atoms. The van der Waals surface area contributed by atoms with Crippen LogP contribution in [-0.4, -0.2) is 47.2 Å². The van der Waals surface area contributed by atoms with Gasteiger partial charge in [-0.2, -0.15) is 0 Å². The summed E-state index contributed by atoms with van der Waals surface area (Å²) < 4.78 is 7.40. The molecule has 1 aliphatic rings. The number of nitrogens with one attached hydrogen (secondary N) is 1. The quantitative estimate of drug-likeness (QED) is 0.925. The molecule has 3 rings (SSSR count). The number of benzene rings is 1. The van der Waals surface area contributed by atoms with E-state index >= 15 is 0 Å². The fraction of sp³-hybridized carbons (Fsp3) is 0.467. The lowest BCUT2D eigenvalue weighted by Gasteiger charge is -2.27. The van der Waals surface area contributed by atoms with Crippen LogP contribution in [0.3, 0.4) is 0 Å². The zero-order valence-electron chi connectivity index (χ0n) is 12.4. The third-order valence-corrected chi connectivity index (χ3v) is 3.76. The van der Waals surface area contributed by atoms with Crippen LogP contribution in [0.2, 0.25) is 0 Å². The molecule has 0 bridgehead atoms. The lowest BCUT2D eigenvalue weighted by atomic mass is 10.2. The first-order valence-corrected chi connectivity index (χ1v) is 7.15. The highest BCUT2D eigenvalue weighted by molar-refractivity contribution is 5.91. The van der Waals surface area contributed by atoms with Crippen molar-refractivity contribution in [1.29, 1.82) is 0 Å². The molecule has 6 heteroatoms. The summed E-state index contributed by atoms with van der Waals surface area (Å²) in [6, 6.07) is 5.89. The number of carbonyl (C=O) groups is 1. The maximum absolute atomic E-state index is 11.1. The lowest BCUT2D eigenvalue weighted by Crippen LogP contribution is -2.35. The second-order valence-electron chi connectivity index (χ2n) is 5.33. The molecule has 0 radical (unpaired) electrons. The summed E-state index contributed by atoms with van der Waals surface area (Å²) in [5.41, 5.74) is 2.86. The van der Waals surface area contributed by atoms with E-state index in [9.17, 15) is 4.79 Å². The van der Waals surface area contributed by atoms with Gasteiger partial charge in [-0.25, -0.2) is 4.98 Å². The van der Waals surface area contributed by atoms with Crippen molar-refractivity contribution in [2.24, 2.45) is 0 Å². The Morgan fingerprint density at radius 1 is 1.43 bits per heavy atom. The normalized spacial score (nSPS) is 15.1. The first-order valence-electron chi connectivity index (χ1n) is 7.15. The number of hydrogen-bond acceptors (Lipinski definition) is 4. The minimum atomic E-state index is -0.0657. The van der Waals surface area contributed by atoms with Gasteiger partial charge >= 0.3 is 0 Å². The Labute approximate surface area is 123 Å². The molecule has 0 aliphatic carbocycles. The zero-order chi connectivity index (χ0) is 14.8. The van der Waals surface area contributed by atoms with Gasteiger partial charge in [-0.3, -0.25) is 9.69 Å². The summed E-state index contributed by atoms with van der Waals surface area (Å²) in [5, 5.41) is 2.80. The monoisotopic (exact) mass is 288 g/mol. The van der Waals surface area contributed by atoms with Crippen LogP contribution in [-0.2, 0) is 22.6 Å². The number of imidazole rings is 1. The van der Waals surface area contributed by atoms with Crippen molar-refractivity contribution in [3.05, 3.63) is 24.0 Å². The Morgan fingerprint density at radius 2 is 2.29 bits per heavy atom. The Kier molecular flexibility index (Phi) is 3.90. The number of aromatic nitrogens is 2. The Morgan fingerprint density at radius 3 is 3.05 bits per heavy atom. The van der Waals surface area contributed by atoms with E-state index in [4.69, 9.17) is 9.72 Å². The number of methoxy groups -OCH3 is 1. The van der Waals surface area contributed by atoms with Crippen molar-refractivity contribution in [2.45, 2.75) is 20.0 Å². The van der Waals surface area contributed by atoms with Crippen LogP contribution in [0.15, 0.2) is 18.2 Å². The van der Waals surface area contributed by atoms with Crippen molar-refractivity contribution in [2.75, 3.05) is 32.1 Å². The van der Waals surface area contributed by atoms with E-state index in [0.717, 1.165) is 55.3 Å². The molecule has 1 aliphatic heterocycles. The molecular weight excluding hydrogens is 268 g/mol. The molecule has 1 amide bonds. The highest BCUT2D eigenvalue weighted by Crippen LogP contribution is 2.23. The van der Waals surface area contributed by atoms with Gasteiger partial charge < -0.3 is 14.6 Å². The number of rotatable bonds is 4. The van der Waals surface area contributed by atoms with Crippen molar-refractivity contribution in [1.82, 2.24) is 14.5 Å². The summed E-state index contributed by atoms with van der Waals surface area (Å²) >= 11 is 0. The number of amides is 1. The van der Waals surface area contributed by atoms with E-state index in [0.29, 0.717) is 0 Å². The molecule has 1 aromatic carbocycles. The average Bonchev–Trinajstić information content (AvgIpc) is 2.81. The lowest BCUT2D eigenvalue weighted by molar-refractivity contribution is -0.114. The number of carbonyl (C=O) groups excluding carboxylic acids is 1. The standard InChI is InChI=1S/C15H20N4O2/c1-11(20)16-12-3-4-14-13(9-12)17-15-10-18(7-8-21-2)5-6-19(14)15/h3-4,9H,5-8,10H2,1-2H3,(H,16,20). The van der Waals surface area contributed by atoms with Crippen LogP contribution in [0.25, 0.3) is 11.0 Å². The van der Waals surface area contributed by atoms with E-state index in [1.165, 1.54) is 6.92 Å². The zero-order valence-corrected chi connectivity index (χ0v) is 12.4. The predicted molar refractivity (Wildman–Crippen MR) is 81.2 cm³/mol. The molecule has 6 nitrogen and oxygen atoms in total. The van der Waals surface area contributed by atoms with Crippen molar-refractivity contribution < 1.29 is 9.53 Å². The summed E-state index contributed by atoms with van der Waals surface area (Å²) in [4.78, 5) is 18.2. The molecule has 1 N–H and O–H groups in total. The van der Waals surface area contributed by atoms with Crippen LogP contribution in [0.5, 0.6) is 0 Å². The molecule has 2 aromatic rings. The first-order chi connectivity index (χ1) is 10.2. The molecule has 112 valence electrons. The van der Waals surface area contributed by atoms with Crippen molar-refractivity contribution in [3.63, 3.8) is 0 Å². The number of fused-ring (bicyclic) bond motifs is 3. The molecule has 2 heterocycles. The maximum atomic E-state index is 11.1. The minimum absolute atomic E-state index is 0.0657. The van der Waals surface area contributed by atoms with Crippen LogP contribution in [0.4, 0.5) is 5.69 Å². The molecule has 1 aromatic heterocycles. The molecule has 0 spiro atoms. The maximum Gasteiger partial charge on any atom is 0.221 e. The highest BCUT2D eigenvalue weighted by atomic mass is 16.5. The van der Waals surface area contributed by atoms with Gasteiger partial charge in [0.15, 0.2) is 0 Å². The number of ether oxygens (including phenoxy) is 1. The van der Waals surface area contributed by atoms with Crippen LogP contribution in [0.1, 0.15) is 12.7 Å². The highest BCUT2D eigenvalue weighted by Gasteiger charge is 2.19. The third-order valence-electron chi connectivity index (χ3n) is 3.76. The fourth-order valence-electron chi connectivity index (χ4n) is 2.76. The van der Waals surface area contributed by atoms with Crippen molar-refractivity contribution >= 4 is 22.6 Å². The second-order valence-corrected chi connectivity index (χ2v) is 5.33. The van der Waals surface area contributed by atoms with Gasteiger partial charge in [0.25, 0.3) is 0 Å². The Bertz CT molecular complexity index is 665. The summed E-state index contributed by atoms with van der Waals surface area (Å²) in [5.74, 6) is 1.01. The van der Waals surface area contributed by atoms with E-state index in [1.807, 2.05) is 18.2 Å². The topological polar surface area (TPSA) is 59.4 Å². The Balaban J connectivity index is 1.86. The molecule has 0 saturated carbocycles. The van der Waals surface area contributed by atoms with E-state index in [1.54, 1.807) is 7.11 Å². The predicted octanol–water partition coefficient (Wildman–Crippen LogP) is 1.46. The Hall–Kier alpha value is -1.92. The molecule has 0 fully saturated rings. The second kappa shape index (κ2) is 5.83. The van der Waals surface area contributed by atoms with Crippen molar-refractivity contribution in [3.8, 4) is 0 Å². The largest absolute Gasteiger partial charge is 0.383 e. The minimum Gasteiger partial charge on any atom is -0.383 e.